The predicted octanol–water partition coefficient (Wildman–Crippen LogP) is 6.18. The molecule has 1 N–H and O–H groups in total. The Hall–Kier alpha value is -2.19. The highest BCUT2D eigenvalue weighted by Gasteiger charge is 2.21. The van der Waals surface area contributed by atoms with Crippen LogP contribution >= 0.6 is 46.3 Å². The lowest BCUT2D eigenvalue weighted by Crippen LogP contribution is -2.23. The van der Waals surface area contributed by atoms with Crippen molar-refractivity contribution in [2.75, 3.05) is 5.32 Å². The van der Waals surface area contributed by atoms with Crippen molar-refractivity contribution in [3.05, 3.63) is 64.3 Å². The summed E-state index contributed by atoms with van der Waals surface area (Å²) >= 11 is 14.9. The lowest BCUT2D eigenvalue weighted by molar-refractivity contribution is -0.115. The van der Waals surface area contributed by atoms with Crippen LogP contribution in [0.3, 0.4) is 0 Å². The van der Waals surface area contributed by atoms with Crippen LogP contribution in [0.15, 0.2) is 59.3 Å². The molecule has 0 aliphatic rings. The summed E-state index contributed by atoms with van der Waals surface area (Å²) in [6.07, 6.45) is 2.96. The Balaban J connectivity index is 1.60. The van der Waals surface area contributed by atoms with Gasteiger partial charge in [0, 0.05) is 17.1 Å². The topological polar surface area (TPSA) is 67.8 Å². The number of halogens is 2. The number of rotatable bonds is 5. The van der Waals surface area contributed by atoms with Gasteiger partial charge >= 0.3 is 0 Å². The van der Waals surface area contributed by atoms with Gasteiger partial charge < -0.3 is 5.32 Å². The van der Waals surface area contributed by atoms with Gasteiger partial charge in [0.2, 0.25) is 5.91 Å². The van der Waals surface area contributed by atoms with Crippen LogP contribution in [0.25, 0.3) is 21.3 Å². The van der Waals surface area contributed by atoms with Crippen LogP contribution in [0.4, 0.5) is 5.82 Å². The molecule has 3 aromatic heterocycles. The van der Waals surface area contributed by atoms with E-state index in [1.807, 2.05) is 37.3 Å². The van der Waals surface area contributed by atoms with Crippen LogP contribution in [-0.4, -0.2) is 26.1 Å². The zero-order chi connectivity index (χ0) is 20.4. The van der Waals surface area contributed by atoms with Crippen LogP contribution in [-0.2, 0) is 4.79 Å². The molecule has 0 saturated heterocycles. The van der Waals surface area contributed by atoms with Crippen molar-refractivity contribution in [3.63, 3.8) is 0 Å². The van der Waals surface area contributed by atoms with Crippen molar-refractivity contribution >= 4 is 68.2 Å². The maximum atomic E-state index is 12.7. The van der Waals surface area contributed by atoms with E-state index >= 15 is 0 Å². The molecule has 1 amide bonds. The highest BCUT2D eigenvalue weighted by atomic mass is 35.5. The molecule has 29 heavy (non-hydrogen) atoms. The second-order valence-corrected chi connectivity index (χ2v) is 9.14. The summed E-state index contributed by atoms with van der Waals surface area (Å²) in [5, 5.41) is 6.80. The van der Waals surface area contributed by atoms with E-state index in [0.29, 0.717) is 5.02 Å². The number of thioether (sulfide) groups is 1. The van der Waals surface area contributed by atoms with Crippen molar-refractivity contribution in [1.82, 2.24) is 15.0 Å². The van der Waals surface area contributed by atoms with Gasteiger partial charge in [0.25, 0.3) is 0 Å². The first-order chi connectivity index (χ1) is 14.0. The summed E-state index contributed by atoms with van der Waals surface area (Å²) in [7, 11) is 0. The molecule has 4 rings (SSSR count). The Kier molecular flexibility index (Phi) is 6.01. The molecule has 1 unspecified atom stereocenters. The van der Waals surface area contributed by atoms with E-state index in [1.165, 1.54) is 30.4 Å². The zero-order valence-electron chi connectivity index (χ0n) is 15.1. The third kappa shape index (κ3) is 4.38. The lowest BCUT2D eigenvalue weighted by atomic mass is 10.1. The van der Waals surface area contributed by atoms with Gasteiger partial charge in [-0.25, -0.2) is 15.0 Å². The third-order valence-corrected chi connectivity index (χ3v) is 6.61. The van der Waals surface area contributed by atoms with Crippen LogP contribution < -0.4 is 5.32 Å². The maximum absolute atomic E-state index is 12.7. The molecule has 1 aromatic carbocycles. The van der Waals surface area contributed by atoms with E-state index in [9.17, 15) is 4.79 Å². The number of pyridine rings is 1. The molecule has 5 nitrogen and oxygen atoms in total. The summed E-state index contributed by atoms with van der Waals surface area (Å²) in [6, 6.07) is 11.6. The molecule has 0 aliphatic heterocycles. The number of hydrogen-bond donors (Lipinski definition) is 1. The van der Waals surface area contributed by atoms with E-state index in [0.717, 1.165) is 26.4 Å². The second kappa shape index (κ2) is 8.67. The molecule has 0 aliphatic carbocycles. The van der Waals surface area contributed by atoms with E-state index in [2.05, 4.69) is 25.6 Å². The average Bonchev–Trinajstić information content (AvgIpc) is 3.16. The average molecular weight is 461 g/mol. The molecule has 1 atom stereocenters. The van der Waals surface area contributed by atoms with Crippen LogP contribution in [0.1, 0.15) is 6.92 Å². The minimum Gasteiger partial charge on any atom is -0.308 e. The number of thiophene rings is 1. The first-order valence-corrected chi connectivity index (χ1v) is 11.1. The fourth-order valence-corrected chi connectivity index (χ4v) is 5.05. The molecule has 0 spiro atoms. The minimum absolute atomic E-state index is 0.227. The Morgan fingerprint density at radius 3 is 2.72 bits per heavy atom. The quantitative estimate of drug-likeness (QED) is 0.284. The van der Waals surface area contributed by atoms with E-state index in [-0.39, 0.29) is 16.7 Å². The fourth-order valence-electron chi connectivity index (χ4n) is 2.71. The first kappa shape index (κ1) is 20.1. The van der Waals surface area contributed by atoms with Crippen molar-refractivity contribution in [3.8, 4) is 11.1 Å². The van der Waals surface area contributed by atoms with E-state index in [1.54, 1.807) is 11.3 Å². The van der Waals surface area contributed by atoms with Crippen LogP contribution in [0.2, 0.25) is 10.0 Å². The number of nitrogens with zero attached hydrogens (tertiary/aromatic N) is 3. The molecule has 9 heteroatoms. The monoisotopic (exact) mass is 460 g/mol. The molecule has 146 valence electrons. The highest BCUT2D eigenvalue weighted by molar-refractivity contribution is 8.00. The maximum Gasteiger partial charge on any atom is 0.238 e. The van der Waals surface area contributed by atoms with Gasteiger partial charge in [-0.1, -0.05) is 65.3 Å². The molecule has 0 saturated carbocycles. The number of hydrogen-bond acceptors (Lipinski definition) is 6. The molecule has 4 aromatic rings. The number of nitrogens with one attached hydrogen (secondary N) is 1. The number of anilines is 1. The van der Waals surface area contributed by atoms with E-state index in [4.69, 9.17) is 23.2 Å². The lowest BCUT2D eigenvalue weighted by Gasteiger charge is -2.13. The summed E-state index contributed by atoms with van der Waals surface area (Å²) in [6.45, 7) is 1.81. The van der Waals surface area contributed by atoms with Gasteiger partial charge in [-0.15, -0.1) is 11.3 Å². The largest absolute Gasteiger partial charge is 0.308 e. The number of aromatic nitrogens is 3. The van der Waals surface area contributed by atoms with Gasteiger partial charge in [0.15, 0.2) is 5.82 Å². The molecule has 3 heterocycles. The second-order valence-electron chi connectivity index (χ2n) is 6.11. The number of fused-ring (bicyclic) bond motifs is 1. The summed E-state index contributed by atoms with van der Waals surface area (Å²) in [5.41, 5.74) is 2.15. The molecule has 0 bridgehead atoms. The number of carbonyl (C=O) groups excluding carboxylic acids is 1. The highest BCUT2D eigenvalue weighted by Crippen LogP contribution is 2.39. The standard InChI is InChI=1S/C20H14Cl2N4OS2/c1-11(18(27)26-17-15(22)7-13(21)8-23-17)29-20-16-14(12-5-3-2-4-6-12)9-28-19(16)24-10-25-20/h2-11H,1H3,(H,23,26,27). The number of carbonyl (C=O) groups is 1. The first-order valence-electron chi connectivity index (χ1n) is 8.59. The summed E-state index contributed by atoms with van der Waals surface area (Å²) < 4.78 is 0. The Bertz CT molecular complexity index is 1180. The fraction of sp³-hybridized carbons (Fsp3) is 0.100. The van der Waals surface area contributed by atoms with Crippen molar-refractivity contribution in [2.24, 2.45) is 0 Å². The van der Waals surface area contributed by atoms with E-state index < -0.39 is 5.25 Å². The van der Waals surface area contributed by atoms with Crippen molar-refractivity contribution in [2.45, 2.75) is 17.2 Å². The van der Waals surface area contributed by atoms with Gasteiger partial charge in [-0.2, -0.15) is 0 Å². The third-order valence-electron chi connectivity index (χ3n) is 4.13. The smallest absolute Gasteiger partial charge is 0.238 e. The normalized spacial score (nSPS) is 12.1. The summed E-state index contributed by atoms with van der Waals surface area (Å²) in [5.74, 6) is 0.0526. The molecule has 0 fully saturated rings. The van der Waals surface area contributed by atoms with Gasteiger partial charge in [0.05, 0.1) is 20.7 Å². The number of benzene rings is 1. The van der Waals surface area contributed by atoms with Gasteiger partial charge in [-0.05, 0) is 18.6 Å². The van der Waals surface area contributed by atoms with Crippen LogP contribution in [0, 0.1) is 0 Å². The number of amides is 1. The molecular formula is C20H14Cl2N4OS2. The summed E-state index contributed by atoms with van der Waals surface area (Å²) in [4.78, 5) is 26.5. The molecule has 0 radical (unpaired) electrons. The molecular weight excluding hydrogens is 447 g/mol. The van der Waals surface area contributed by atoms with Gasteiger partial charge in [0.1, 0.15) is 16.2 Å². The minimum atomic E-state index is -0.426. The van der Waals surface area contributed by atoms with Crippen molar-refractivity contribution in [1.29, 1.82) is 0 Å². The zero-order valence-corrected chi connectivity index (χ0v) is 18.2. The van der Waals surface area contributed by atoms with Crippen molar-refractivity contribution < 1.29 is 4.79 Å². The Morgan fingerprint density at radius 1 is 1.17 bits per heavy atom. The van der Waals surface area contributed by atoms with Crippen LogP contribution in [0.5, 0.6) is 0 Å². The predicted molar refractivity (Wildman–Crippen MR) is 121 cm³/mol. The van der Waals surface area contributed by atoms with Gasteiger partial charge in [-0.3, -0.25) is 4.79 Å². The SMILES string of the molecule is CC(Sc1ncnc2scc(-c3ccccc3)c12)C(=O)Nc1ncc(Cl)cc1Cl. The Morgan fingerprint density at radius 2 is 1.97 bits per heavy atom. The Labute approximate surface area is 185 Å².